The van der Waals surface area contributed by atoms with Crippen molar-refractivity contribution in [3.63, 3.8) is 0 Å². The van der Waals surface area contributed by atoms with Gasteiger partial charge in [0.05, 0.1) is 19.4 Å². The average Bonchev–Trinajstić information content (AvgIpc) is 2.64. The zero-order valence-corrected chi connectivity index (χ0v) is 14.8. The van der Waals surface area contributed by atoms with E-state index in [0.717, 1.165) is 18.7 Å². The van der Waals surface area contributed by atoms with Gasteiger partial charge in [0.15, 0.2) is 0 Å². The van der Waals surface area contributed by atoms with Crippen molar-refractivity contribution in [2.75, 3.05) is 55.6 Å². The van der Waals surface area contributed by atoms with E-state index in [1.165, 1.54) is 5.56 Å². The van der Waals surface area contributed by atoms with Crippen LogP contribution in [0.15, 0.2) is 29.4 Å². The van der Waals surface area contributed by atoms with E-state index in [2.05, 4.69) is 37.3 Å². The fraction of sp³-hybridized carbons (Fsp3) is 0.412. The SMILES string of the molecule is Cc1ccc(/C=N\Nc2nc(N(C)C)nc(N3CCOCC3)n2)cc1. The summed E-state index contributed by atoms with van der Waals surface area (Å²) >= 11 is 0. The molecule has 1 aromatic carbocycles. The zero-order valence-electron chi connectivity index (χ0n) is 14.8. The standard InChI is InChI=1S/C17H23N7O/c1-13-4-6-14(7-5-13)12-18-22-15-19-16(23(2)3)21-17(20-15)24-8-10-25-11-9-24/h4-7,12H,8-11H2,1-3H3,(H,19,20,21,22)/b18-12-. The molecule has 2 aromatic rings. The molecule has 0 amide bonds. The van der Waals surface area contributed by atoms with Crippen LogP contribution < -0.4 is 15.2 Å². The van der Waals surface area contributed by atoms with E-state index >= 15 is 0 Å². The van der Waals surface area contributed by atoms with Crippen molar-refractivity contribution < 1.29 is 4.74 Å². The summed E-state index contributed by atoms with van der Waals surface area (Å²) in [5.74, 6) is 1.64. The van der Waals surface area contributed by atoms with E-state index in [4.69, 9.17) is 4.74 Å². The second kappa shape index (κ2) is 7.89. The van der Waals surface area contributed by atoms with E-state index < -0.39 is 0 Å². The Hall–Kier alpha value is -2.74. The molecule has 1 fully saturated rings. The van der Waals surface area contributed by atoms with Crippen LogP contribution in [0.25, 0.3) is 0 Å². The van der Waals surface area contributed by atoms with Gasteiger partial charge in [0.25, 0.3) is 0 Å². The third-order valence-electron chi connectivity index (χ3n) is 3.76. The maximum absolute atomic E-state index is 5.39. The molecule has 1 aliphatic heterocycles. The van der Waals surface area contributed by atoms with Gasteiger partial charge in [0, 0.05) is 27.2 Å². The number of nitrogens with zero attached hydrogens (tertiary/aromatic N) is 6. The molecule has 132 valence electrons. The van der Waals surface area contributed by atoms with Crippen molar-refractivity contribution >= 4 is 24.1 Å². The van der Waals surface area contributed by atoms with Crippen LogP contribution in [0.4, 0.5) is 17.8 Å². The molecule has 0 spiro atoms. The summed E-state index contributed by atoms with van der Waals surface area (Å²) in [7, 11) is 3.80. The van der Waals surface area contributed by atoms with Gasteiger partial charge in [-0.3, -0.25) is 0 Å². The molecule has 0 bridgehead atoms. The molecule has 1 saturated heterocycles. The summed E-state index contributed by atoms with van der Waals surface area (Å²) in [5, 5.41) is 4.24. The average molecular weight is 341 g/mol. The number of rotatable bonds is 5. The number of anilines is 3. The molecule has 0 saturated carbocycles. The third kappa shape index (κ3) is 4.63. The van der Waals surface area contributed by atoms with Gasteiger partial charge in [0.1, 0.15) is 0 Å². The first-order valence-electron chi connectivity index (χ1n) is 8.23. The predicted octanol–water partition coefficient (Wildman–Crippen LogP) is 1.53. The number of hydrogen-bond acceptors (Lipinski definition) is 8. The van der Waals surface area contributed by atoms with Gasteiger partial charge in [-0.25, -0.2) is 5.43 Å². The number of aryl methyl sites for hydroxylation is 1. The minimum atomic E-state index is 0.420. The van der Waals surface area contributed by atoms with Crippen molar-refractivity contribution in [3.8, 4) is 0 Å². The van der Waals surface area contributed by atoms with E-state index in [0.29, 0.717) is 31.1 Å². The summed E-state index contributed by atoms with van der Waals surface area (Å²) < 4.78 is 5.39. The van der Waals surface area contributed by atoms with Crippen molar-refractivity contribution in [1.82, 2.24) is 15.0 Å². The van der Waals surface area contributed by atoms with Crippen LogP contribution in [0, 0.1) is 6.92 Å². The topological polar surface area (TPSA) is 78.8 Å². The van der Waals surface area contributed by atoms with Gasteiger partial charge < -0.3 is 14.5 Å². The van der Waals surface area contributed by atoms with Crippen molar-refractivity contribution in [2.45, 2.75) is 6.92 Å². The molecule has 2 heterocycles. The van der Waals surface area contributed by atoms with Crippen LogP contribution >= 0.6 is 0 Å². The molecular formula is C17H23N7O. The molecule has 0 atom stereocenters. The van der Waals surface area contributed by atoms with Gasteiger partial charge in [-0.2, -0.15) is 20.1 Å². The van der Waals surface area contributed by atoms with E-state index in [-0.39, 0.29) is 0 Å². The highest BCUT2D eigenvalue weighted by Crippen LogP contribution is 2.16. The molecule has 3 rings (SSSR count). The van der Waals surface area contributed by atoms with Crippen LogP contribution in [0.5, 0.6) is 0 Å². The first-order valence-corrected chi connectivity index (χ1v) is 8.23. The Balaban J connectivity index is 1.77. The van der Waals surface area contributed by atoms with Crippen molar-refractivity contribution in [1.29, 1.82) is 0 Å². The Bertz CT molecular complexity index is 724. The minimum Gasteiger partial charge on any atom is -0.378 e. The highest BCUT2D eigenvalue weighted by atomic mass is 16.5. The molecule has 1 aromatic heterocycles. The smallest absolute Gasteiger partial charge is 0.250 e. The van der Waals surface area contributed by atoms with Crippen LogP contribution in [0.3, 0.4) is 0 Å². The molecular weight excluding hydrogens is 318 g/mol. The number of hydrogen-bond donors (Lipinski definition) is 1. The van der Waals surface area contributed by atoms with Gasteiger partial charge in [0.2, 0.25) is 17.8 Å². The Labute approximate surface area is 147 Å². The largest absolute Gasteiger partial charge is 0.378 e. The predicted molar refractivity (Wildman–Crippen MR) is 99.6 cm³/mol. The lowest BCUT2D eigenvalue weighted by molar-refractivity contribution is 0.122. The first kappa shape index (κ1) is 17.1. The van der Waals surface area contributed by atoms with Crippen LogP contribution in [-0.4, -0.2) is 61.6 Å². The number of ether oxygens (including phenoxy) is 1. The highest BCUT2D eigenvalue weighted by molar-refractivity contribution is 5.80. The summed E-state index contributed by atoms with van der Waals surface area (Å²) in [6.07, 6.45) is 1.74. The number of benzene rings is 1. The Morgan fingerprint density at radius 2 is 1.84 bits per heavy atom. The zero-order chi connectivity index (χ0) is 17.6. The Morgan fingerprint density at radius 3 is 2.52 bits per heavy atom. The lowest BCUT2D eigenvalue weighted by Gasteiger charge is -2.27. The highest BCUT2D eigenvalue weighted by Gasteiger charge is 2.17. The van der Waals surface area contributed by atoms with E-state index in [1.54, 1.807) is 6.21 Å². The molecule has 0 radical (unpaired) electrons. The molecule has 0 unspecified atom stereocenters. The van der Waals surface area contributed by atoms with E-state index in [1.807, 2.05) is 43.3 Å². The summed E-state index contributed by atoms with van der Waals surface area (Å²) in [6, 6.07) is 8.12. The molecule has 1 aliphatic rings. The summed E-state index contributed by atoms with van der Waals surface area (Å²) in [5.41, 5.74) is 5.13. The quantitative estimate of drug-likeness (QED) is 0.652. The van der Waals surface area contributed by atoms with Crippen LogP contribution in [0.2, 0.25) is 0 Å². The second-order valence-corrected chi connectivity index (χ2v) is 6.03. The molecule has 8 heteroatoms. The van der Waals surface area contributed by atoms with Gasteiger partial charge in [-0.1, -0.05) is 29.8 Å². The normalized spacial score (nSPS) is 14.8. The van der Waals surface area contributed by atoms with Gasteiger partial charge in [-0.05, 0) is 12.5 Å². The van der Waals surface area contributed by atoms with Crippen molar-refractivity contribution in [3.05, 3.63) is 35.4 Å². The molecule has 0 aliphatic carbocycles. The monoisotopic (exact) mass is 341 g/mol. The lowest BCUT2D eigenvalue weighted by atomic mass is 10.2. The van der Waals surface area contributed by atoms with E-state index in [9.17, 15) is 0 Å². The van der Waals surface area contributed by atoms with Crippen molar-refractivity contribution in [2.24, 2.45) is 5.10 Å². The number of morpholine rings is 1. The minimum absolute atomic E-state index is 0.420. The third-order valence-corrected chi connectivity index (χ3v) is 3.76. The molecule has 1 N–H and O–H groups in total. The number of hydrazone groups is 1. The maximum atomic E-state index is 5.39. The van der Waals surface area contributed by atoms with Crippen LogP contribution in [0.1, 0.15) is 11.1 Å². The summed E-state index contributed by atoms with van der Waals surface area (Å²) in [6.45, 7) is 4.94. The Kier molecular flexibility index (Phi) is 5.39. The number of nitrogens with one attached hydrogen (secondary N) is 1. The number of aromatic nitrogens is 3. The first-order chi connectivity index (χ1) is 12.1. The summed E-state index contributed by atoms with van der Waals surface area (Å²) in [4.78, 5) is 17.3. The fourth-order valence-electron chi connectivity index (χ4n) is 2.33. The van der Waals surface area contributed by atoms with Gasteiger partial charge in [-0.15, -0.1) is 0 Å². The second-order valence-electron chi connectivity index (χ2n) is 6.03. The maximum Gasteiger partial charge on any atom is 0.250 e. The Morgan fingerprint density at radius 1 is 1.12 bits per heavy atom. The molecule has 25 heavy (non-hydrogen) atoms. The van der Waals surface area contributed by atoms with Gasteiger partial charge >= 0.3 is 0 Å². The molecule has 8 nitrogen and oxygen atoms in total. The lowest BCUT2D eigenvalue weighted by Crippen LogP contribution is -2.37. The van der Waals surface area contributed by atoms with Crippen LogP contribution in [-0.2, 0) is 4.74 Å². The fourth-order valence-corrected chi connectivity index (χ4v) is 2.33.